The Bertz CT molecular complexity index is 1220. The van der Waals surface area contributed by atoms with Crippen molar-refractivity contribution in [1.29, 1.82) is 0 Å². The molecule has 0 aliphatic carbocycles. The van der Waals surface area contributed by atoms with Crippen molar-refractivity contribution in [3.05, 3.63) is 90.3 Å². The van der Waals surface area contributed by atoms with Crippen LogP contribution < -0.4 is 14.8 Å². The molecule has 0 fully saturated rings. The molecule has 0 bridgehead atoms. The molecule has 0 unspecified atom stereocenters. The number of nitrogens with one attached hydrogen (secondary N) is 1. The molecule has 0 spiro atoms. The van der Waals surface area contributed by atoms with E-state index in [0.717, 1.165) is 22.6 Å². The number of carbonyl (C=O) groups is 1. The van der Waals surface area contributed by atoms with Crippen molar-refractivity contribution in [2.45, 2.75) is 32.7 Å². The van der Waals surface area contributed by atoms with Gasteiger partial charge < -0.3 is 19.4 Å². The zero-order chi connectivity index (χ0) is 23.8. The van der Waals surface area contributed by atoms with Gasteiger partial charge in [-0.05, 0) is 41.8 Å². The van der Waals surface area contributed by atoms with Crippen LogP contribution in [-0.2, 0) is 17.8 Å². The van der Waals surface area contributed by atoms with E-state index < -0.39 is 0 Å². The lowest BCUT2D eigenvalue weighted by molar-refractivity contribution is -0.123. The second-order valence-electron chi connectivity index (χ2n) is 8.41. The minimum atomic E-state index is -0.153. The highest BCUT2D eigenvalue weighted by Gasteiger charge is 2.12. The van der Waals surface area contributed by atoms with Crippen LogP contribution in [0, 0.1) is 0 Å². The largest absolute Gasteiger partial charge is 0.491 e. The van der Waals surface area contributed by atoms with Crippen LogP contribution in [-0.4, -0.2) is 35.2 Å². The van der Waals surface area contributed by atoms with Gasteiger partial charge >= 0.3 is 0 Å². The number of amides is 1. The molecule has 6 heteroatoms. The average Bonchev–Trinajstić information content (AvgIpc) is 3.21. The van der Waals surface area contributed by atoms with Gasteiger partial charge in [0.05, 0.1) is 17.6 Å². The third-order valence-electron chi connectivity index (χ3n) is 5.63. The lowest BCUT2D eigenvalue weighted by Crippen LogP contribution is -2.31. The molecule has 3 aromatic carbocycles. The zero-order valence-electron chi connectivity index (χ0n) is 19.7. The summed E-state index contributed by atoms with van der Waals surface area (Å²) in [6.07, 6.45) is 0.619. The van der Waals surface area contributed by atoms with Gasteiger partial charge in [0.25, 0.3) is 5.91 Å². The topological polar surface area (TPSA) is 65.4 Å². The SMILES string of the molecule is CC(C)c1ccccc1OCCn1c(CCNC(=O)COc2ccccc2)nc2ccccc21. The number of fused-ring (bicyclic) bond motifs is 1. The van der Waals surface area contributed by atoms with Crippen LogP contribution in [0.1, 0.15) is 31.2 Å². The maximum Gasteiger partial charge on any atom is 0.257 e. The zero-order valence-corrected chi connectivity index (χ0v) is 19.7. The number of nitrogens with zero attached hydrogens (tertiary/aromatic N) is 2. The van der Waals surface area contributed by atoms with E-state index >= 15 is 0 Å². The second kappa shape index (κ2) is 11.4. The number of hydrogen-bond donors (Lipinski definition) is 1. The highest BCUT2D eigenvalue weighted by atomic mass is 16.5. The fourth-order valence-corrected chi connectivity index (χ4v) is 3.93. The summed E-state index contributed by atoms with van der Waals surface area (Å²) in [6, 6.07) is 25.6. The van der Waals surface area contributed by atoms with Crippen LogP contribution in [0.25, 0.3) is 11.0 Å². The number of imidazole rings is 1. The van der Waals surface area contributed by atoms with E-state index in [4.69, 9.17) is 14.5 Å². The Morgan fingerprint density at radius 2 is 1.68 bits per heavy atom. The van der Waals surface area contributed by atoms with E-state index in [-0.39, 0.29) is 12.5 Å². The lowest BCUT2D eigenvalue weighted by atomic mass is 10.0. The molecular formula is C28H31N3O3. The van der Waals surface area contributed by atoms with Crippen LogP contribution in [0.2, 0.25) is 0 Å². The monoisotopic (exact) mass is 457 g/mol. The summed E-state index contributed by atoms with van der Waals surface area (Å²) in [5, 5.41) is 2.93. The van der Waals surface area contributed by atoms with E-state index in [1.54, 1.807) is 0 Å². The molecule has 0 saturated heterocycles. The first-order valence-electron chi connectivity index (χ1n) is 11.7. The van der Waals surface area contributed by atoms with Crippen LogP contribution >= 0.6 is 0 Å². The summed E-state index contributed by atoms with van der Waals surface area (Å²) >= 11 is 0. The van der Waals surface area contributed by atoms with Crippen LogP contribution in [0.3, 0.4) is 0 Å². The summed E-state index contributed by atoms with van der Waals surface area (Å²) in [5.74, 6) is 2.77. The maximum atomic E-state index is 12.2. The molecule has 0 radical (unpaired) electrons. The third kappa shape index (κ3) is 5.95. The first-order chi connectivity index (χ1) is 16.6. The first kappa shape index (κ1) is 23.4. The van der Waals surface area contributed by atoms with Gasteiger partial charge in [-0.25, -0.2) is 4.98 Å². The van der Waals surface area contributed by atoms with E-state index in [2.05, 4.69) is 35.9 Å². The third-order valence-corrected chi connectivity index (χ3v) is 5.63. The minimum Gasteiger partial charge on any atom is -0.491 e. The number of rotatable bonds is 11. The number of benzene rings is 3. The van der Waals surface area contributed by atoms with Crippen molar-refractivity contribution in [2.75, 3.05) is 19.8 Å². The van der Waals surface area contributed by atoms with Crippen molar-refractivity contribution < 1.29 is 14.3 Å². The quantitative estimate of drug-likeness (QED) is 0.345. The fourth-order valence-electron chi connectivity index (χ4n) is 3.93. The summed E-state index contributed by atoms with van der Waals surface area (Å²) < 4.78 is 13.9. The van der Waals surface area contributed by atoms with Crippen molar-refractivity contribution in [3.8, 4) is 11.5 Å². The molecule has 0 aliphatic rings. The Balaban J connectivity index is 1.36. The van der Waals surface area contributed by atoms with Gasteiger partial charge in [0.2, 0.25) is 0 Å². The lowest BCUT2D eigenvalue weighted by Gasteiger charge is -2.15. The van der Waals surface area contributed by atoms with Crippen LogP contribution in [0.5, 0.6) is 11.5 Å². The van der Waals surface area contributed by atoms with Gasteiger partial charge in [0, 0.05) is 13.0 Å². The standard InChI is InChI=1S/C28H31N3O3/c1-21(2)23-12-6-9-15-26(23)33-19-18-31-25-14-8-7-13-24(25)30-27(31)16-17-29-28(32)20-34-22-10-4-3-5-11-22/h3-15,21H,16-20H2,1-2H3,(H,29,32). The second-order valence-corrected chi connectivity index (χ2v) is 8.41. The molecular weight excluding hydrogens is 426 g/mol. The molecule has 6 nitrogen and oxygen atoms in total. The predicted octanol–water partition coefficient (Wildman–Crippen LogP) is 4.98. The average molecular weight is 458 g/mol. The van der Waals surface area contributed by atoms with Crippen LogP contribution in [0.15, 0.2) is 78.9 Å². The highest BCUT2D eigenvalue weighted by molar-refractivity contribution is 5.77. The molecule has 34 heavy (non-hydrogen) atoms. The maximum absolute atomic E-state index is 12.2. The number of ether oxygens (including phenoxy) is 2. The fraction of sp³-hybridized carbons (Fsp3) is 0.286. The predicted molar refractivity (Wildman–Crippen MR) is 134 cm³/mol. The molecule has 4 rings (SSSR count). The van der Waals surface area contributed by atoms with Gasteiger partial charge in [-0.15, -0.1) is 0 Å². The Labute approximate surface area is 200 Å². The molecule has 1 aromatic heterocycles. The van der Waals surface area contributed by atoms with Crippen LogP contribution in [0.4, 0.5) is 0 Å². The van der Waals surface area contributed by atoms with Gasteiger partial charge in [-0.3, -0.25) is 4.79 Å². The highest BCUT2D eigenvalue weighted by Crippen LogP contribution is 2.26. The summed E-state index contributed by atoms with van der Waals surface area (Å²) in [5.41, 5.74) is 3.22. The summed E-state index contributed by atoms with van der Waals surface area (Å²) in [7, 11) is 0. The van der Waals surface area contributed by atoms with Gasteiger partial charge in [0.1, 0.15) is 23.9 Å². The van der Waals surface area contributed by atoms with E-state index in [1.807, 2.05) is 66.7 Å². The Kier molecular flexibility index (Phi) is 7.81. The van der Waals surface area contributed by atoms with Crippen molar-refractivity contribution in [1.82, 2.24) is 14.9 Å². The molecule has 0 atom stereocenters. The Hall–Kier alpha value is -3.80. The van der Waals surface area contributed by atoms with Crippen molar-refractivity contribution >= 4 is 16.9 Å². The molecule has 0 saturated carbocycles. The van der Waals surface area contributed by atoms with Gasteiger partial charge in [-0.1, -0.05) is 62.4 Å². The molecule has 0 aliphatic heterocycles. The van der Waals surface area contributed by atoms with Crippen molar-refractivity contribution in [2.24, 2.45) is 0 Å². The molecule has 1 amide bonds. The van der Waals surface area contributed by atoms with Gasteiger partial charge in [-0.2, -0.15) is 0 Å². The number of para-hydroxylation sites is 4. The van der Waals surface area contributed by atoms with E-state index in [9.17, 15) is 4.79 Å². The Morgan fingerprint density at radius 3 is 2.50 bits per heavy atom. The van der Waals surface area contributed by atoms with E-state index in [1.165, 1.54) is 5.56 Å². The molecule has 1 N–H and O–H groups in total. The first-order valence-corrected chi connectivity index (χ1v) is 11.7. The van der Waals surface area contributed by atoms with Crippen molar-refractivity contribution in [3.63, 3.8) is 0 Å². The number of aromatic nitrogens is 2. The minimum absolute atomic E-state index is 0.0104. The number of carbonyl (C=O) groups excluding carboxylic acids is 1. The smallest absolute Gasteiger partial charge is 0.257 e. The van der Waals surface area contributed by atoms with Gasteiger partial charge in [0.15, 0.2) is 6.61 Å². The van der Waals surface area contributed by atoms with E-state index in [0.29, 0.717) is 37.8 Å². The Morgan fingerprint density at radius 1 is 0.941 bits per heavy atom. The molecule has 176 valence electrons. The normalized spacial score (nSPS) is 11.0. The molecule has 1 heterocycles. The number of hydrogen-bond acceptors (Lipinski definition) is 4. The summed E-state index contributed by atoms with van der Waals surface area (Å²) in [6.45, 7) is 6.02. The summed E-state index contributed by atoms with van der Waals surface area (Å²) in [4.78, 5) is 17.0. The molecule has 4 aromatic rings.